The molecule has 0 atom stereocenters. The Balaban J connectivity index is 2.06. The number of nitrogen functional groups attached to an aromatic ring is 1. The third kappa shape index (κ3) is 2.66. The summed E-state index contributed by atoms with van der Waals surface area (Å²) in [6, 6.07) is 12.2. The second-order valence-corrected chi connectivity index (χ2v) is 4.81. The van der Waals surface area contributed by atoms with Crippen molar-refractivity contribution in [3.63, 3.8) is 0 Å². The van der Waals surface area contributed by atoms with Crippen molar-refractivity contribution in [1.82, 2.24) is 0 Å². The van der Waals surface area contributed by atoms with E-state index in [-0.39, 0.29) is 12.2 Å². The van der Waals surface area contributed by atoms with E-state index in [2.05, 4.69) is 0 Å². The zero-order valence-electron chi connectivity index (χ0n) is 12.0. The van der Waals surface area contributed by atoms with Gasteiger partial charge in [-0.2, -0.15) is 0 Å². The molecule has 1 heterocycles. The third-order valence-corrected chi connectivity index (χ3v) is 3.31. The third-order valence-electron chi connectivity index (χ3n) is 3.31. The van der Waals surface area contributed by atoms with Crippen LogP contribution in [0.25, 0.3) is 22.1 Å². The van der Waals surface area contributed by atoms with E-state index in [4.69, 9.17) is 19.6 Å². The van der Waals surface area contributed by atoms with Crippen LogP contribution in [0.2, 0.25) is 0 Å². The first-order chi connectivity index (χ1) is 10.7. The molecule has 0 saturated heterocycles. The molecule has 0 aliphatic rings. The highest BCUT2D eigenvalue weighted by Crippen LogP contribution is 2.23. The average Bonchev–Trinajstić information content (AvgIpc) is 2.54. The number of anilines is 1. The van der Waals surface area contributed by atoms with Gasteiger partial charge in [-0.3, -0.25) is 4.79 Å². The zero-order chi connectivity index (χ0) is 15.5. The van der Waals surface area contributed by atoms with Crippen molar-refractivity contribution in [1.29, 1.82) is 0 Å². The first kappa shape index (κ1) is 14.2. The van der Waals surface area contributed by atoms with Crippen LogP contribution in [0.4, 0.5) is 5.69 Å². The summed E-state index contributed by atoms with van der Waals surface area (Å²) in [4.78, 5) is 12.6. The molecule has 3 rings (SSSR count). The Morgan fingerprint density at radius 2 is 1.91 bits per heavy atom. The number of benzene rings is 2. The highest BCUT2D eigenvalue weighted by Gasteiger charge is 2.10. The van der Waals surface area contributed by atoms with Crippen molar-refractivity contribution < 1.29 is 13.9 Å². The molecule has 0 amide bonds. The quantitative estimate of drug-likeness (QED) is 0.592. The van der Waals surface area contributed by atoms with Crippen LogP contribution >= 0.6 is 0 Å². The lowest BCUT2D eigenvalue weighted by Gasteiger charge is -2.06. The zero-order valence-corrected chi connectivity index (χ0v) is 12.0. The SMILES string of the molecule is COCOc1ccc2c(=O)c(-c3ccc(N)cc3)coc2c1. The molecular formula is C17H15NO4. The Hall–Kier alpha value is -2.79. The summed E-state index contributed by atoms with van der Waals surface area (Å²) in [5, 5.41) is 0.499. The first-order valence-corrected chi connectivity index (χ1v) is 6.72. The fourth-order valence-electron chi connectivity index (χ4n) is 2.19. The molecule has 0 saturated carbocycles. The standard InChI is InChI=1S/C17H15NO4/c1-20-10-22-13-6-7-14-16(8-13)21-9-15(17(14)19)11-2-4-12(18)5-3-11/h2-9H,10,18H2,1H3. The van der Waals surface area contributed by atoms with Crippen LogP contribution in [0.1, 0.15) is 0 Å². The molecule has 5 nitrogen and oxygen atoms in total. The topological polar surface area (TPSA) is 74.7 Å². The Bertz CT molecular complexity index is 853. The van der Waals surface area contributed by atoms with Crippen molar-refractivity contribution in [3.8, 4) is 16.9 Å². The predicted octanol–water partition coefficient (Wildman–Crippen LogP) is 3.02. The molecule has 0 fully saturated rings. The van der Waals surface area contributed by atoms with Gasteiger partial charge in [0.15, 0.2) is 12.2 Å². The molecule has 2 aromatic carbocycles. The van der Waals surface area contributed by atoms with Crippen molar-refractivity contribution >= 4 is 16.7 Å². The average molecular weight is 297 g/mol. The molecular weight excluding hydrogens is 282 g/mol. The smallest absolute Gasteiger partial charge is 0.200 e. The lowest BCUT2D eigenvalue weighted by Crippen LogP contribution is -2.05. The highest BCUT2D eigenvalue weighted by molar-refractivity contribution is 5.82. The van der Waals surface area contributed by atoms with Crippen LogP contribution < -0.4 is 15.9 Å². The van der Waals surface area contributed by atoms with Gasteiger partial charge in [-0.15, -0.1) is 0 Å². The molecule has 3 aromatic rings. The Morgan fingerprint density at radius 3 is 2.64 bits per heavy atom. The monoisotopic (exact) mass is 297 g/mol. The molecule has 2 N–H and O–H groups in total. The summed E-state index contributed by atoms with van der Waals surface area (Å²) in [7, 11) is 1.54. The van der Waals surface area contributed by atoms with Crippen molar-refractivity contribution in [3.05, 3.63) is 59.0 Å². The minimum Gasteiger partial charge on any atom is -0.467 e. The van der Waals surface area contributed by atoms with Gasteiger partial charge in [0.25, 0.3) is 0 Å². The molecule has 22 heavy (non-hydrogen) atoms. The summed E-state index contributed by atoms with van der Waals surface area (Å²) in [6.07, 6.45) is 1.45. The van der Waals surface area contributed by atoms with E-state index in [1.807, 2.05) is 0 Å². The van der Waals surface area contributed by atoms with Crippen LogP contribution in [0, 0.1) is 0 Å². The minimum atomic E-state index is -0.0932. The molecule has 112 valence electrons. The summed E-state index contributed by atoms with van der Waals surface area (Å²) < 4.78 is 15.8. The highest BCUT2D eigenvalue weighted by atomic mass is 16.7. The Morgan fingerprint density at radius 1 is 1.14 bits per heavy atom. The number of rotatable bonds is 4. The summed E-state index contributed by atoms with van der Waals surface area (Å²) in [6.45, 7) is 0.138. The molecule has 0 bridgehead atoms. The van der Waals surface area contributed by atoms with Crippen LogP contribution in [0.3, 0.4) is 0 Å². The van der Waals surface area contributed by atoms with Crippen LogP contribution in [0.5, 0.6) is 5.75 Å². The predicted molar refractivity (Wildman–Crippen MR) is 84.8 cm³/mol. The molecule has 0 aliphatic heterocycles. The van der Waals surface area contributed by atoms with Gasteiger partial charge >= 0.3 is 0 Å². The molecule has 0 aliphatic carbocycles. The van der Waals surface area contributed by atoms with E-state index in [9.17, 15) is 4.79 Å². The molecule has 0 unspecified atom stereocenters. The second-order valence-electron chi connectivity index (χ2n) is 4.81. The van der Waals surface area contributed by atoms with Gasteiger partial charge in [-0.05, 0) is 29.8 Å². The number of hydrogen-bond donors (Lipinski definition) is 1. The molecule has 0 radical (unpaired) electrons. The fourth-order valence-corrected chi connectivity index (χ4v) is 2.19. The summed E-state index contributed by atoms with van der Waals surface area (Å²) in [5.41, 5.74) is 7.95. The van der Waals surface area contributed by atoms with Crippen molar-refractivity contribution in [2.75, 3.05) is 19.6 Å². The Kier molecular flexibility index (Phi) is 3.80. The van der Waals surface area contributed by atoms with Gasteiger partial charge in [-0.1, -0.05) is 12.1 Å². The van der Waals surface area contributed by atoms with E-state index in [0.29, 0.717) is 28.0 Å². The molecule has 0 spiro atoms. The van der Waals surface area contributed by atoms with Crippen LogP contribution in [-0.4, -0.2) is 13.9 Å². The number of methoxy groups -OCH3 is 1. The van der Waals surface area contributed by atoms with E-state index >= 15 is 0 Å². The maximum atomic E-state index is 12.6. The Labute approximate surface area is 126 Å². The van der Waals surface area contributed by atoms with Crippen molar-refractivity contribution in [2.45, 2.75) is 0 Å². The van der Waals surface area contributed by atoms with Crippen molar-refractivity contribution in [2.24, 2.45) is 0 Å². The lowest BCUT2D eigenvalue weighted by molar-refractivity contribution is 0.0512. The van der Waals surface area contributed by atoms with E-state index in [1.54, 1.807) is 49.6 Å². The van der Waals surface area contributed by atoms with E-state index < -0.39 is 0 Å². The summed E-state index contributed by atoms with van der Waals surface area (Å²) >= 11 is 0. The normalized spacial score (nSPS) is 10.8. The van der Waals surface area contributed by atoms with Gasteiger partial charge in [0, 0.05) is 18.9 Å². The van der Waals surface area contributed by atoms with Gasteiger partial charge in [0.2, 0.25) is 0 Å². The van der Waals surface area contributed by atoms with E-state index in [0.717, 1.165) is 5.56 Å². The van der Waals surface area contributed by atoms with Gasteiger partial charge < -0.3 is 19.6 Å². The van der Waals surface area contributed by atoms with E-state index in [1.165, 1.54) is 6.26 Å². The maximum absolute atomic E-state index is 12.6. The number of nitrogens with two attached hydrogens (primary N) is 1. The van der Waals surface area contributed by atoms with Gasteiger partial charge in [-0.25, -0.2) is 0 Å². The summed E-state index contributed by atoms with van der Waals surface area (Å²) in [5.74, 6) is 0.581. The largest absolute Gasteiger partial charge is 0.467 e. The molecule has 5 heteroatoms. The first-order valence-electron chi connectivity index (χ1n) is 6.72. The van der Waals surface area contributed by atoms with Gasteiger partial charge in [0.1, 0.15) is 17.6 Å². The van der Waals surface area contributed by atoms with Crippen LogP contribution in [0.15, 0.2) is 57.9 Å². The molecule has 1 aromatic heterocycles. The van der Waals surface area contributed by atoms with Crippen LogP contribution in [-0.2, 0) is 4.74 Å². The minimum absolute atomic E-state index is 0.0932. The lowest BCUT2D eigenvalue weighted by atomic mass is 10.1. The number of ether oxygens (including phenoxy) is 2. The second kappa shape index (κ2) is 5.91. The number of hydrogen-bond acceptors (Lipinski definition) is 5. The number of fused-ring (bicyclic) bond motifs is 1. The fraction of sp³-hybridized carbons (Fsp3) is 0.118. The maximum Gasteiger partial charge on any atom is 0.200 e. The van der Waals surface area contributed by atoms with Gasteiger partial charge in [0.05, 0.1) is 10.9 Å².